The fraction of sp³-hybridized carbons (Fsp3) is 0.250. The summed E-state index contributed by atoms with van der Waals surface area (Å²) >= 11 is 1.61. The number of nitrogens with one attached hydrogen (secondary N) is 2. The van der Waals surface area contributed by atoms with Crippen molar-refractivity contribution >= 4 is 33.8 Å². The first-order valence-corrected chi connectivity index (χ1v) is 6.48. The number of Topliss-reactive ketones (excluding diaryl/α,β-unsaturated/α-hetero) is 1. The molecule has 2 aromatic heterocycles. The quantitative estimate of drug-likeness (QED) is 0.837. The minimum absolute atomic E-state index is 0.161. The zero-order valence-electron chi connectivity index (χ0n) is 10.0. The molecule has 0 amide bonds. The molecule has 2 heterocycles. The van der Waals surface area contributed by atoms with Gasteiger partial charge in [-0.1, -0.05) is 0 Å². The second-order valence-electron chi connectivity index (χ2n) is 3.77. The highest BCUT2D eigenvalue weighted by Gasteiger charge is 2.00. The highest BCUT2D eigenvalue weighted by molar-refractivity contribution is 7.14. The number of carbonyl (C=O) groups excluding carboxylic acids is 1. The van der Waals surface area contributed by atoms with Crippen molar-refractivity contribution in [3.8, 4) is 0 Å². The molecule has 0 aliphatic heterocycles. The highest BCUT2D eigenvalue weighted by atomic mass is 32.1. The third-order valence-corrected chi connectivity index (χ3v) is 3.01. The van der Waals surface area contributed by atoms with Gasteiger partial charge in [-0.05, 0) is 24.4 Å². The third kappa shape index (κ3) is 3.81. The van der Waals surface area contributed by atoms with Crippen LogP contribution in [0.15, 0.2) is 29.9 Å². The van der Waals surface area contributed by atoms with E-state index in [0.29, 0.717) is 18.8 Å². The Morgan fingerprint density at radius 3 is 2.94 bits per heavy atom. The van der Waals surface area contributed by atoms with Crippen LogP contribution in [0.1, 0.15) is 13.3 Å². The number of hydrogen-bond acceptors (Lipinski definition) is 6. The van der Waals surface area contributed by atoms with Crippen molar-refractivity contribution in [2.75, 3.05) is 17.2 Å². The largest absolute Gasteiger partial charge is 0.369 e. The molecule has 0 spiro atoms. The van der Waals surface area contributed by atoms with Crippen LogP contribution in [0.4, 0.5) is 16.6 Å². The summed E-state index contributed by atoms with van der Waals surface area (Å²) in [6.07, 6.45) is 1.99. The number of hydrogen-bond donors (Lipinski definition) is 2. The SMILES string of the molecule is CC(=O)CCNc1cc(Nc2cccs2)ncn1. The summed E-state index contributed by atoms with van der Waals surface area (Å²) in [5.74, 6) is 1.61. The van der Waals surface area contributed by atoms with Crippen molar-refractivity contribution in [1.29, 1.82) is 0 Å². The summed E-state index contributed by atoms with van der Waals surface area (Å²) in [6, 6.07) is 5.77. The third-order valence-electron chi connectivity index (χ3n) is 2.22. The van der Waals surface area contributed by atoms with Crippen LogP contribution in [-0.2, 0) is 4.79 Å². The smallest absolute Gasteiger partial charge is 0.136 e. The fourth-order valence-electron chi connectivity index (χ4n) is 1.36. The lowest BCUT2D eigenvalue weighted by atomic mass is 10.3. The van der Waals surface area contributed by atoms with E-state index in [1.165, 1.54) is 6.33 Å². The molecule has 0 fully saturated rings. The van der Waals surface area contributed by atoms with E-state index in [1.807, 2.05) is 23.6 Å². The Kier molecular flexibility index (Phi) is 4.25. The number of nitrogens with zero attached hydrogens (tertiary/aromatic N) is 2. The predicted octanol–water partition coefficient (Wildman–Crippen LogP) is 2.67. The Morgan fingerprint density at radius 2 is 2.22 bits per heavy atom. The maximum Gasteiger partial charge on any atom is 0.136 e. The van der Waals surface area contributed by atoms with Crippen molar-refractivity contribution in [3.05, 3.63) is 29.9 Å². The average Bonchev–Trinajstić information content (AvgIpc) is 2.82. The zero-order valence-corrected chi connectivity index (χ0v) is 10.8. The Balaban J connectivity index is 1.94. The predicted molar refractivity (Wildman–Crippen MR) is 73.4 cm³/mol. The van der Waals surface area contributed by atoms with Crippen molar-refractivity contribution < 1.29 is 4.79 Å². The van der Waals surface area contributed by atoms with Crippen molar-refractivity contribution in [1.82, 2.24) is 9.97 Å². The van der Waals surface area contributed by atoms with Gasteiger partial charge in [0.15, 0.2) is 0 Å². The van der Waals surface area contributed by atoms with Gasteiger partial charge in [-0.15, -0.1) is 11.3 Å². The van der Waals surface area contributed by atoms with E-state index in [9.17, 15) is 4.79 Å². The van der Waals surface area contributed by atoms with Crippen molar-refractivity contribution in [3.63, 3.8) is 0 Å². The topological polar surface area (TPSA) is 66.9 Å². The number of anilines is 3. The molecule has 18 heavy (non-hydrogen) atoms. The molecule has 0 saturated carbocycles. The normalized spacial score (nSPS) is 10.1. The lowest BCUT2D eigenvalue weighted by Gasteiger charge is -2.06. The monoisotopic (exact) mass is 262 g/mol. The first-order chi connectivity index (χ1) is 8.74. The molecule has 0 saturated heterocycles. The standard InChI is InChI=1S/C12H14N4OS/c1-9(17)4-5-13-10-7-11(15-8-14-10)16-12-3-2-6-18-12/h2-3,6-8H,4-5H2,1H3,(H2,13,14,15,16). The summed E-state index contributed by atoms with van der Waals surface area (Å²) in [6.45, 7) is 2.16. The lowest BCUT2D eigenvalue weighted by molar-refractivity contribution is -0.116. The van der Waals surface area contributed by atoms with Crippen molar-refractivity contribution in [2.24, 2.45) is 0 Å². The number of rotatable bonds is 6. The van der Waals surface area contributed by atoms with E-state index >= 15 is 0 Å². The van der Waals surface area contributed by atoms with Crippen LogP contribution in [-0.4, -0.2) is 22.3 Å². The second kappa shape index (κ2) is 6.11. The molecule has 0 aromatic carbocycles. The first-order valence-electron chi connectivity index (χ1n) is 5.60. The summed E-state index contributed by atoms with van der Waals surface area (Å²) in [7, 11) is 0. The van der Waals surface area contributed by atoms with Gasteiger partial charge in [0.25, 0.3) is 0 Å². The lowest BCUT2D eigenvalue weighted by Crippen LogP contribution is -2.07. The fourth-order valence-corrected chi connectivity index (χ4v) is 1.99. The van der Waals surface area contributed by atoms with Gasteiger partial charge in [-0.25, -0.2) is 9.97 Å². The van der Waals surface area contributed by atoms with Crippen LogP contribution < -0.4 is 10.6 Å². The summed E-state index contributed by atoms with van der Waals surface area (Å²) in [4.78, 5) is 19.1. The van der Waals surface area contributed by atoms with E-state index in [1.54, 1.807) is 18.3 Å². The van der Waals surface area contributed by atoms with Crippen molar-refractivity contribution in [2.45, 2.75) is 13.3 Å². The van der Waals surface area contributed by atoms with E-state index in [-0.39, 0.29) is 5.78 Å². The maximum atomic E-state index is 10.8. The Morgan fingerprint density at radius 1 is 1.39 bits per heavy atom. The van der Waals surface area contributed by atoms with E-state index in [2.05, 4.69) is 20.6 Å². The molecule has 6 heteroatoms. The zero-order chi connectivity index (χ0) is 12.8. The van der Waals surface area contributed by atoms with Gasteiger partial charge in [0.05, 0.1) is 5.00 Å². The Bertz CT molecular complexity index is 513. The number of ketones is 1. The molecule has 0 aliphatic carbocycles. The van der Waals surface area contributed by atoms with E-state index in [0.717, 1.165) is 10.8 Å². The molecule has 0 atom stereocenters. The van der Waals surface area contributed by atoms with Crippen LogP contribution in [0.25, 0.3) is 0 Å². The van der Waals surface area contributed by atoms with E-state index < -0.39 is 0 Å². The molecule has 2 aromatic rings. The number of aromatic nitrogens is 2. The highest BCUT2D eigenvalue weighted by Crippen LogP contribution is 2.20. The van der Waals surface area contributed by atoms with E-state index in [4.69, 9.17) is 0 Å². The van der Waals surface area contributed by atoms with Gasteiger partial charge in [0, 0.05) is 19.0 Å². The Hall–Kier alpha value is -1.95. The molecule has 0 radical (unpaired) electrons. The average molecular weight is 262 g/mol. The molecule has 0 bridgehead atoms. The molecule has 94 valence electrons. The molecule has 2 rings (SSSR count). The van der Waals surface area contributed by atoms with Gasteiger partial charge in [-0.2, -0.15) is 0 Å². The molecule has 0 unspecified atom stereocenters. The minimum atomic E-state index is 0.161. The van der Waals surface area contributed by atoms with Gasteiger partial charge in [0.2, 0.25) is 0 Å². The number of carbonyl (C=O) groups is 1. The summed E-state index contributed by atoms with van der Waals surface area (Å²) in [5, 5.41) is 9.30. The maximum absolute atomic E-state index is 10.8. The molecular formula is C12H14N4OS. The molecule has 0 aliphatic rings. The summed E-state index contributed by atoms with van der Waals surface area (Å²) < 4.78 is 0. The van der Waals surface area contributed by atoms with Gasteiger partial charge in [-0.3, -0.25) is 4.79 Å². The summed E-state index contributed by atoms with van der Waals surface area (Å²) in [5.41, 5.74) is 0. The van der Waals surface area contributed by atoms with Gasteiger partial charge < -0.3 is 10.6 Å². The number of thiophene rings is 1. The first kappa shape index (κ1) is 12.5. The second-order valence-corrected chi connectivity index (χ2v) is 4.72. The van der Waals surface area contributed by atoms with Crippen LogP contribution in [0.3, 0.4) is 0 Å². The van der Waals surface area contributed by atoms with Crippen LogP contribution in [0.2, 0.25) is 0 Å². The van der Waals surface area contributed by atoms with Crippen LogP contribution in [0.5, 0.6) is 0 Å². The van der Waals surface area contributed by atoms with Crippen LogP contribution >= 0.6 is 11.3 Å². The molecular weight excluding hydrogens is 248 g/mol. The Labute approximate surface area is 109 Å². The minimum Gasteiger partial charge on any atom is -0.369 e. The van der Waals surface area contributed by atoms with Crippen LogP contribution in [0, 0.1) is 0 Å². The van der Waals surface area contributed by atoms with Gasteiger partial charge >= 0.3 is 0 Å². The molecule has 2 N–H and O–H groups in total. The van der Waals surface area contributed by atoms with Gasteiger partial charge in [0.1, 0.15) is 23.7 Å². The molecule has 5 nitrogen and oxygen atoms in total.